The lowest BCUT2D eigenvalue weighted by molar-refractivity contribution is -0.138. The fraction of sp³-hybridized carbons (Fsp3) is 0.909. The highest BCUT2D eigenvalue weighted by Crippen LogP contribution is 2.18. The Kier molecular flexibility index (Phi) is 4.55. The molecule has 0 aromatic heterocycles. The second kappa shape index (κ2) is 5.35. The van der Waals surface area contributed by atoms with Crippen LogP contribution in [-0.4, -0.2) is 49.9 Å². The van der Waals surface area contributed by atoms with E-state index in [2.05, 4.69) is 0 Å². The van der Waals surface area contributed by atoms with E-state index in [0.717, 1.165) is 0 Å². The van der Waals surface area contributed by atoms with Crippen molar-refractivity contribution in [2.24, 2.45) is 17.6 Å². The summed E-state index contributed by atoms with van der Waals surface area (Å²) in [7, 11) is -2.98. The molecular formula is C11H22N2O3S. The van der Waals surface area contributed by atoms with E-state index in [1.54, 1.807) is 11.8 Å². The van der Waals surface area contributed by atoms with E-state index in [9.17, 15) is 13.2 Å². The Morgan fingerprint density at radius 3 is 2.47 bits per heavy atom. The molecule has 6 heteroatoms. The lowest BCUT2D eigenvalue weighted by atomic mass is 9.94. The monoisotopic (exact) mass is 262 g/mol. The molecule has 0 radical (unpaired) electrons. The van der Waals surface area contributed by atoms with Crippen LogP contribution in [0.15, 0.2) is 0 Å². The van der Waals surface area contributed by atoms with E-state index >= 15 is 0 Å². The zero-order valence-corrected chi connectivity index (χ0v) is 11.5. The number of nitrogens with zero attached hydrogens (tertiary/aromatic N) is 1. The molecule has 1 rings (SSSR count). The molecule has 0 aromatic rings. The minimum atomic E-state index is -2.98. The maximum atomic E-state index is 12.2. The van der Waals surface area contributed by atoms with Crippen molar-refractivity contribution in [2.45, 2.75) is 26.8 Å². The largest absolute Gasteiger partial charge is 0.338 e. The Morgan fingerprint density at radius 2 is 2.06 bits per heavy atom. The van der Waals surface area contributed by atoms with Crippen LogP contribution in [-0.2, 0) is 14.6 Å². The van der Waals surface area contributed by atoms with E-state index < -0.39 is 9.84 Å². The Hall–Kier alpha value is -0.620. The highest BCUT2D eigenvalue weighted by molar-refractivity contribution is 7.91. The first kappa shape index (κ1) is 14.4. The Balaban J connectivity index is 2.77. The standard InChI is InChI=1S/C11H22N2O3S/c1-8(2)10(6-12)11(14)13-4-5-17(15,16)7-9(13)3/h8-10H,4-7,12H2,1-3H3. The molecule has 0 spiro atoms. The summed E-state index contributed by atoms with van der Waals surface area (Å²) < 4.78 is 22.9. The quantitative estimate of drug-likeness (QED) is 0.768. The zero-order chi connectivity index (χ0) is 13.2. The first-order valence-electron chi connectivity index (χ1n) is 5.99. The van der Waals surface area contributed by atoms with Gasteiger partial charge < -0.3 is 10.6 Å². The van der Waals surface area contributed by atoms with Gasteiger partial charge in [0.1, 0.15) is 0 Å². The van der Waals surface area contributed by atoms with Crippen LogP contribution in [0.5, 0.6) is 0 Å². The molecule has 1 aliphatic heterocycles. The molecule has 5 nitrogen and oxygen atoms in total. The van der Waals surface area contributed by atoms with Gasteiger partial charge in [-0.05, 0) is 12.8 Å². The topological polar surface area (TPSA) is 80.5 Å². The highest BCUT2D eigenvalue weighted by atomic mass is 32.2. The van der Waals surface area contributed by atoms with Crippen molar-refractivity contribution in [1.82, 2.24) is 4.90 Å². The fourth-order valence-electron chi connectivity index (χ4n) is 2.20. The summed E-state index contributed by atoms with van der Waals surface area (Å²) in [6.45, 7) is 6.31. The predicted octanol–water partition coefficient (Wildman–Crippen LogP) is -0.137. The van der Waals surface area contributed by atoms with E-state index in [1.807, 2.05) is 13.8 Å². The molecule has 0 aliphatic carbocycles. The van der Waals surface area contributed by atoms with Gasteiger partial charge in [0.25, 0.3) is 0 Å². The second-order valence-electron chi connectivity index (χ2n) is 5.08. The summed E-state index contributed by atoms with van der Waals surface area (Å²) in [4.78, 5) is 13.9. The lowest BCUT2D eigenvalue weighted by Crippen LogP contribution is -2.53. The van der Waals surface area contributed by atoms with Crippen LogP contribution in [0.3, 0.4) is 0 Å². The molecule has 1 aliphatic rings. The minimum Gasteiger partial charge on any atom is -0.338 e. The molecule has 1 saturated heterocycles. The van der Waals surface area contributed by atoms with Gasteiger partial charge in [-0.2, -0.15) is 0 Å². The summed E-state index contributed by atoms with van der Waals surface area (Å²) in [5, 5.41) is 0. The van der Waals surface area contributed by atoms with Crippen LogP contribution in [0, 0.1) is 11.8 Å². The van der Waals surface area contributed by atoms with Gasteiger partial charge in [-0.25, -0.2) is 8.42 Å². The molecule has 1 amide bonds. The van der Waals surface area contributed by atoms with Gasteiger partial charge in [0.15, 0.2) is 9.84 Å². The third-order valence-electron chi connectivity index (χ3n) is 3.33. The summed E-state index contributed by atoms with van der Waals surface area (Å²) >= 11 is 0. The molecule has 2 N–H and O–H groups in total. The number of amides is 1. The lowest BCUT2D eigenvalue weighted by Gasteiger charge is -2.36. The normalized spacial score (nSPS) is 25.9. The van der Waals surface area contributed by atoms with E-state index in [0.29, 0.717) is 13.1 Å². The summed E-state index contributed by atoms with van der Waals surface area (Å²) in [6.07, 6.45) is 0. The van der Waals surface area contributed by atoms with Gasteiger partial charge >= 0.3 is 0 Å². The van der Waals surface area contributed by atoms with Crippen LogP contribution in [0.1, 0.15) is 20.8 Å². The molecule has 0 saturated carbocycles. The summed E-state index contributed by atoms with van der Waals surface area (Å²) in [5.74, 6) is 0.0912. The molecule has 0 aromatic carbocycles. The zero-order valence-electron chi connectivity index (χ0n) is 10.7. The number of nitrogens with two attached hydrogens (primary N) is 1. The molecular weight excluding hydrogens is 240 g/mol. The number of sulfone groups is 1. The van der Waals surface area contributed by atoms with Gasteiger partial charge in [0.2, 0.25) is 5.91 Å². The number of hydrogen-bond acceptors (Lipinski definition) is 4. The molecule has 2 unspecified atom stereocenters. The molecule has 17 heavy (non-hydrogen) atoms. The van der Waals surface area contributed by atoms with Crippen LogP contribution in [0.4, 0.5) is 0 Å². The number of carbonyl (C=O) groups excluding carboxylic acids is 1. The predicted molar refractivity (Wildman–Crippen MR) is 67.2 cm³/mol. The summed E-state index contributed by atoms with van der Waals surface area (Å²) in [5.41, 5.74) is 5.61. The van der Waals surface area contributed by atoms with Gasteiger partial charge in [-0.15, -0.1) is 0 Å². The Morgan fingerprint density at radius 1 is 1.47 bits per heavy atom. The SMILES string of the molecule is CC(C)C(CN)C(=O)N1CCS(=O)(=O)CC1C. The van der Waals surface area contributed by atoms with Crippen LogP contribution < -0.4 is 5.73 Å². The maximum absolute atomic E-state index is 12.2. The second-order valence-corrected chi connectivity index (χ2v) is 7.31. The Labute approximate surface area is 103 Å². The number of hydrogen-bond donors (Lipinski definition) is 1. The average molecular weight is 262 g/mol. The van der Waals surface area contributed by atoms with Crippen molar-refractivity contribution in [3.05, 3.63) is 0 Å². The minimum absolute atomic E-state index is 0.00935. The van der Waals surface area contributed by atoms with Crippen molar-refractivity contribution in [1.29, 1.82) is 0 Å². The van der Waals surface area contributed by atoms with Gasteiger partial charge in [0, 0.05) is 19.1 Å². The molecule has 0 bridgehead atoms. The maximum Gasteiger partial charge on any atom is 0.227 e. The van der Waals surface area contributed by atoms with Gasteiger partial charge in [-0.3, -0.25) is 4.79 Å². The number of rotatable bonds is 3. The fourth-order valence-corrected chi connectivity index (χ4v) is 3.75. The third kappa shape index (κ3) is 3.42. The molecule has 1 heterocycles. The number of carbonyl (C=O) groups is 1. The van der Waals surface area contributed by atoms with Crippen molar-refractivity contribution in [2.75, 3.05) is 24.6 Å². The average Bonchev–Trinajstić information content (AvgIpc) is 2.15. The van der Waals surface area contributed by atoms with Crippen LogP contribution >= 0.6 is 0 Å². The van der Waals surface area contributed by atoms with Crippen molar-refractivity contribution >= 4 is 15.7 Å². The summed E-state index contributed by atoms with van der Waals surface area (Å²) in [6, 6.07) is -0.242. The first-order valence-corrected chi connectivity index (χ1v) is 7.81. The van der Waals surface area contributed by atoms with Crippen LogP contribution in [0.25, 0.3) is 0 Å². The molecule has 2 atom stereocenters. The van der Waals surface area contributed by atoms with E-state index in [4.69, 9.17) is 5.73 Å². The van der Waals surface area contributed by atoms with E-state index in [-0.39, 0.29) is 35.3 Å². The van der Waals surface area contributed by atoms with Gasteiger partial charge in [-0.1, -0.05) is 13.8 Å². The smallest absolute Gasteiger partial charge is 0.227 e. The van der Waals surface area contributed by atoms with Crippen molar-refractivity contribution < 1.29 is 13.2 Å². The first-order chi connectivity index (χ1) is 7.78. The van der Waals surface area contributed by atoms with Crippen molar-refractivity contribution in [3.8, 4) is 0 Å². The highest BCUT2D eigenvalue weighted by Gasteiger charge is 2.34. The van der Waals surface area contributed by atoms with Crippen molar-refractivity contribution in [3.63, 3.8) is 0 Å². The molecule has 100 valence electrons. The molecule has 1 fully saturated rings. The third-order valence-corrected chi connectivity index (χ3v) is 5.12. The van der Waals surface area contributed by atoms with Crippen LogP contribution in [0.2, 0.25) is 0 Å². The Bertz CT molecular complexity index is 378. The van der Waals surface area contributed by atoms with Gasteiger partial charge in [0.05, 0.1) is 17.4 Å². The van der Waals surface area contributed by atoms with E-state index in [1.165, 1.54) is 0 Å².